The third-order valence-electron chi connectivity index (χ3n) is 5.60. The molecule has 4 aromatic rings. The highest BCUT2D eigenvalue weighted by molar-refractivity contribution is 7.89. The number of aryl methyl sites for hydroxylation is 2. The molecule has 1 amide bonds. The van der Waals surface area contributed by atoms with E-state index in [-0.39, 0.29) is 18.0 Å². The Bertz CT molecular complexity index is 1420. The van der Waals surface area contributed by atoms with E-state index in [0.29, 0.717) is 22.7 Å². The van der Waals surface area contributed by atoms with E-state index in [2.05, 4.69) is 5.32 Å². The fourth-order valence-electron chi connectivity index (χ4n) is 3.73. The average Bonchev–Trinajstić information content (AvgIpc) is 2.87. The van der Waals surface area contributed by atoms with E-state index in [1.165, 1.54) is 4.31 Å². The van der Waals surface area contributed by atoms with E-state index in [0.717, 1.165) is 11.1 Å². The Labute approximate surface area is 212 Å². The molecule has 4 aromatic carbocycles. The van der Waals surface area contributed by atoms with Crippen LogP contribution in [0.2, 0.25) is 0 Å². The van der Waals surface area contributed by atoms with Gasteiger partial charge in [-0.15, -0.1) is 0 Å². The summed E-state index contributed by atoms with van der Waals surface area (Å²) in [6.45, 7) is 3.35. The van der Waals surface area contributed by atoms with Gasteiger partial charge in [-0.25, -0.2) is 8.42 Å². The van der Waals surface area contributed by atoms with Gasteiger partial charge in [-0.1, -0.05) is 60.7 Å². The van der Waals surface area contributed by atoms with Gasteiger partial charge in [0.05, 0.1) is 11.4 Å². The van der Waals surface area contributed by atoms with E-state index in [1.807, 2.05) is 73.7 Å². The van der Waals surface area contributed by atoms with Crippen LogP contribution in [0.1, 0.15) is 16.7 Å². The van der Waals surface area contributed by atoms with Crippen LogP contribution in [0.5, 0.6) is 11.5 Å². The molecule has 0 radical (unpaired) electrons. The SMILES string of the molecule is Cc1ccc(C)c(S(=O)(=O)N(CC(=O)Nc2ccc(Oc3ccccc3)cc2)Cc2ccccc2)c1. The van der Waals surface area contributed by atoms with Crippen molar-refractivity contribution < 1.29 is 17.9 Å². The zero-order valence-electron chi connectivity index (χ0n) is 20.2. The molecule has 4 rings (SSSR count). The van der Waals surface area contributed by atoms with Crippen molar-refractivity contribution in [2.45, 2.75) is 25.3 Å². The van der Waals surface area contributed by atoms with Gasteiger partial charge in [0.15, 0.2) is 0 Å². The minimum absolute atomic E-state index is 0.0772. The largest absolute Gasteiger partial charge is 0.457 e. The van der Waals surface area contributed by atoms with Crippen molar-refractivity contribution in [1.29, 1.82) is 0 Å². The minimum atomic E-state index is -3.93. The lowest BCUT2D eigenvalue weighted by Crippen LogP contribution is -2.37. The van der Waals surface area contributed by atoms with Crippen molar-refractivity contribution in [3.8, 4) is 11.5 Å². The first-order valence-corrected chi connectivity index (χ1v) is 13.0. The molecule has 0 heterocycles. The number of nitrogens with zero attached hydrogens (tertiary/aromatic N) is 1. The Morgan fingerprint density at radius 3 is 2.08 bits per heavy atom. The molecule has 184 valence electrons. The molecule has 0 bridgehead atoms. The van der Waals surface area contributed by atoms with Crippen LogP contribution < -0.4 is 10.1 Å². The molecule has 0 aliphatic heterocycles. The van der Waals surface area contributed by atoms with Gasteiger partial charge in [-0.3, -0.25) is 4.79 Å². The van der Waals surface area contributed by atoms with Crippen molar-refractivity contribution >= 4 is 21.6 Å². The van der Waals surface area contributed by atoms with Crippen LogP contribution in [0, 0.1) is 13.8 Å². The van der Waals surface area contributed by atoms with Gasteiger partial charge in [0.1, 0.15) is 11.5 Å². The van der Waals surface area contributed by atoms with Gasteiger partial charge in [0.2, 0.25) is 15.9 Å². The number of hydrogen-bond acceptors (Lipinski definition) is 4. The summed E-state index contributed by atoms with van der Waals surface area (Å²) in [6.07, 6.45) is 0. The Morgan fingerprint density at radius 1 is 0.806 bits per heavy atom. The summed E-state index contributed by atoms with van der Waals surface area (Å²) >= 11 is 0. The summed E-state index contributed by atoms with van der Waals surface area (Å²) < 4.78 is 34.3. The first-order chi connectivity index (χ1) is 17.3. The molecule has 0 fully saturated rings. The lowest BCUT2D eigenvalue weighted by molar-refractivity contribution is -0.116. The minimum Gasteiger partial charge on any atom is -0.457 e. The maximum atomic E-state index is 13.6. The monoisotopic (exact) mass is 500 g/mol. The highest BCUT2D eigenvalue weighted by Crippen LogP contribution is 2.25. The highest BCUT2D eigenvalue weighted by Gasteiger charge is 2.28. The van der Waals surface area contributed by atoms with Crippen LogP contribution in [-0.4, -0.2) is 25.2 Å². The Balaban J connectivity index is 1.51. The van der Waals surface area contributed by atoms with Crippen molar-refractivity contribution in [1.82, 2.24) is 4.31 Å². The lowest BCUT2D eigenvalue weighted by atomic mass is 10.2. The Kier molecular flexibility index (Phi) is 7.83. The van der Waals surface area contributed by atoms with Gasteiger partial charge in [-0.05, 0) is 73.0 Å². The second kappa shape index (κ2) is 11.2. The molecule has 0 aliphatic carbocycles. The molecule has 36 heavy (non-hydrogen) atoms. The lowest BCUT2D eigenvalue weighted by Gasteiger charge is -2.23. The van der Waals surface area contributed by atoms with Crippen LogP contribution in [0.25, 0.3) is 0 Å². The van der Waals surface area contributed by atoms with E-state index in [1.54, 1.807) is 43.3 Å². The molecule has 0 spiro atoms. The highest BCUT2D eigenvalue weighted by atomic mass is 32.2. The summed E-state index contributed by atoms with van der Waals surface area (Å²) in [5.74, 6) is 0.904. The molecule has 0 atom stereocenters. The topological polar surface area (TPSA) is 75.7 Å². The zero-order chi connectivity index (χ0) is 25.5. The standard InChI is InChI=1S/C29H28N2O4S/c1-22-13-14-23(2)28(19-22)36(33,34)31(20-24-9-5-3-6-10-24)21-29(32)30-25-15-17-27(18-16-25)35-26-11-7-4-8-12-26/h3-19H,20-21H2,1-2H3,(H,30,32). The summed E-state index contributed by atoms with van der Waals surface area (Å²) in [5.41, 5.74) is 2.81. The van der Waals surface area contributed by atoms with Crippen LogP contribution in [0.15, 0.2) is 108 Å². The second-order valence-corrected chi connectivity index (χ2v) is 10.4. The summed E-state index contributed by atoms with van der Waals surface area (Å²) in [5, 5.41) is 2.80. The maximum absolute atomic E-state index is 13.6. The number of sulfonamides is 1. The second-order valence-electron chi connectivity index (χ2n) is 8.52. The van der Waals surface area contributed by atoms with E-state index in [4.69, 9.17) is 4.74 Å². The molecule has 0 aliphatic rings. The van der Waals surface area contributed by atoms with Gasteiger partial charge in [-0.2, -0.15) is 4.31 Å². The molecule has 6 nitrogen and oxygen atoms in total. The normalized spacial score (nSPS) is 11.3. The maximum Gasteiger partial charge on any atom is 0.244 e. The average molecular weight is 501 g/mol. The zero-order valence-corrected chi connectivity index (χ0v) is 21.0. The summed E-state index contributed by atoms with van der Waals surface area (Å²) in [6, 6.07) is 30.9. The number of anilines is 1. The number of benzene rings is 4. The molecule has 0 saturated heterocycles. The van der Waals surface area contributed by atoms with E-state index < -0.39 is 15.9 Å². The molecule has 0 unspecified atom stereocenters. The Hall–Kier alpha value is -3.94. The molecule has 7 heteroatoms. The number of nitrogens with one attached hydrogen (secondary N) is 1. The number of carbonyl (C=O) groups is 1. The van der Waals surface area contributed by atoms with Gasteiger partial charge < -0.3 is 10.1 Å². The number of carbonyl (C=O) groups excluding carboxylic acids is 1. The first-order valence-electron chi connectivity index (χ1n) is 11.6. The van der Waals surface area contributed by atoms with Crippen molar-refractivity contribution in [3.05, 3.63) is 120 Å². The number of hydrogen-bond donors (Lipinski definition) is 1. The molecular weight excluding hydrogens is 472 g/mol. The van der Waals surface area contributed by atoms with Crippen molar-refractivity contribution in [2.24, 2.45) is 0 Å². The molecular formula is C29H28N2O4S. The predicted octanol–water partition coefficient (Wildman–Crippen LogP) is 5.93. The van der Waals surface area contributed by atoms with Gasteiger partial charge >= 0.3 is 0 Å². The number of ether oxygens (including phenoxy) is 1. The number of para-hydroxylation sites is 1. The molecule has 0 saturated carbocycles. The van der Waals surface area contributed by atoms with Crippen LogP contribution in [0.4, 0.5) is 5.69 Å². The van der Waals surface area contributed by atoms with Gasteiger partial charge in [0.25, 0.3) is 0 Å². The van der Waals surface area contributed by atoms with Gasteiger partial charge in [0, 0.05) is 12.2 Å². The fraction of sp³-hybridized carbons (Fsp3) is 0.138. The van der Waals surface area contributed by atoms with Crippen LogP contribution in [0.3, 0.4) is 0 Å². The summed E-state index contributed by atoms with van der Waals surface area (Å²) in [4.78, 5) is 13.2. The fourth-order valence-corrected chi connectivity index (χ4v) is 5.42. The third-order valence-corrected chi connectivity index (χ3v) is 7.53. The first kappa shape index (κ1) is 25.2. The number of rotatable bonds is 9. The van der Waals surface area contributed by atoms with E-state index >= 15 is 0 Å². The van der Waals surface area contributed by atoms with Crippen LogP contribution >= 0.6 is 0 Å². The molecule has 0 aromatic heterocycles. The van der Waals surface area contributed by atoms with Crippen molar-refractivity contribution in [3.63, 3.8) is 0 Å². The smallest absolute Gasteiger partial charge is 0.244 e. The van der Waals surface area contributed by atoms with Crippen LogP contribution in [-0.2, 0) is 21.4 Å². The third kappa shape index (κ3) is 6.38. The molecule has 1 N–H and O–H groups in total. The quantitative estimate of drug-likeness (QED) is 0.309. The van der Waals surface area contributed by atoms with E-state index in [9.17, 15) is 13.2 Å². The summed E-state index contributed by atoms with van der Waals surface area (Å²) in [7, 11) is -3.93. The predicted molar refractivity (Wildman–Crippen MR) is 142 cm³/mol. The number of amides is 1. The van der Waals surface area contributed by atoms with Crippen molar-refractivity contribution in [2.75, 3.05) is 11.9 Å². The Morgan fingerprint density at radius 2 is 1.42 bits per heavy atom.